The summed E-state index contributed by atoms with van der Waals surface area (Å²) in [6.45, 7) is 4.37. The zero-order chi connectivity index (χ0) is 17.3. The molecule has 6 heteroatoms. The third kappa shape index (κ3) is 1.87. The van der Waals surface area contributed by atoms with E-state index in [4.69, 9.17) is 9.97 Å². The van der Waals surface area contributed by atoms with E-state index in [2.05, 4.69) is 13.8 Å². The Hall–Kier alpha value is -1.53. The van der Waals surface area contributed by atoms with Crippen molar-refractivity contribution in [1.29, 1.82) is 0 Å². The molecule has 1 saturated carbocycles. The second-order valence-corrected chi connectivity index (χ2v) is 10.1. The van der Waals surface area contributed by atoms with E-state index in [0.29, 0.717) is 0 Å². The molecule has 4 rings (SSSR count). The normalized spacial score (nSPS) is 27.8. The second kappa shape index (κ2) is 4.76. The molecule has 2 bridgehead atoms. The summed E-state index contributed by atoms with van der Waals surface area (Å²) in [6.07, 6.45) is 1.84. The van der Waals surface area contributed by atoms with Gasteiger partial charge in [-0.1, -0.05) is 26.0 Å². The lowest BCUT2D eigenvalue weighted by Crippen LogP contribution is -2.45. The third-order valence-electron chi connectivity index (χ3n) is 6.33. The highest BCUT2D eigenvalue weighted by Gasteiger charge is 2.65. The van der Waals surface area contributed by atoms with Crippen LogP contribution in [0.15, 0.2) is 24.3 Å². The number of hydrogen-bond acceptors (Lipinski definition) is 4. The Kier molecular flexibility index (Phi) is 3.17. The van der Waals surface area contributed by atoms with Crippen LogP contribution in [-0.4, -0.2) is 42.5 Å². The molecule has 0 radical (unpaired) electrons. The van der Waals surface area contributed by atoms with Gasteiger partial charge >= 0.3 is 0 Å². The van der Waals surface area contributed by atoms with Gasteiger partial charge in [-0.3, -0.25) is 0 Å². The van der Waals surface area contributed by atoms with E-state index < -0.39 is 15.4 Å². The van der Waals surface area contributed by atoms with Crippen LogP contribution < -0.4 is 0 Å². The monoisotopic (exact) mass is 345 g/mol. The highest BCUT2D eigenvalue weighted by molar-refractivity contribution is 7.89. The largest absolute Gasteiger partial charge is 0.249 e. The molecule has 1 heterocycles. The summed E-state index contributed by atoms with van der Waals surface area (Å²) >= 11 is 0. The van der Waals surface area contributed by atoms with Crippen molar-refractivity contribution >= 4 is 21.1 Å². The molecule has 0 amide bonds. The molecule has 0 saturated heterocycles. The maximum atomic E-state index is 12.7. The fraction of sp³-hybridized carbons (Fsp3) is 0.556. The van der Waals surface area contributed by atoms with Crippen molar-refractivity contribution in [2.75, 3.05) is 19.8 Å². The van der Waals surface area contributed by atoms with E-state index in [1.54, 1.807) is 14.1 Å². The maximum Gasteiger partial charge on any atom is 0.214 e. The first-order chi connectivity index (χ1) is 11.2. The second-order valence-electron chi connectivity index (χ2n) is 7.88. The summed E-state index contributed by atoms with van der Waals surface area (Å²) < 4.78 is 26.7. The van der Waals surface area contributed by atoms with Gasteiger partial charge in [0.15, 0.2) is 0 Å². The molecular formula is C18H23N3O2S. The minimum Gasteiger partial charge on any atom is -0.249 e. The van der Waals surface area contributed by atoms with Crippen molar-refractivity contribution in [3.8, 4) is 0 Å². The van der Waals surface area contributed by atoms with Crippen molar-refractivity contribution in [2.45, 2.75) is 38.0 Å². The van der Waals surface area contributed by atoms with Crippen LogP contribution in [0.5, 0.6) is 0 Å². The zero-order valence-electron chi connectivity index (χ0n) is 14.6. The van der Waals surface area contributed by atoms with Gasteiger partial charge in [0, 0.05) is 25.4 Å². The average molecular weight is 345 g/mol. The number of fused-ring (bicyclic) bond motifs is 6. The molecule has 5 nitrogen and oxygen atoms in total. The maximum absolute atomic E-state index is 12.7. The van der Waals surface area contributed by atoms with Crippen LogP contribution in [0.25, 0.3) is 11.0 Å². The number of nitrogens with zero attached hydrogens (tertiary/aromatic N) is 3. The fourth-order valence-electron chi connectivity index (χ4n) is 4.69. The number of aromatic nitrogens is 2. The van der Waals surface area contributed by atoms with Crippen molar-refractivity contribution in [3.63, 3.8) is 0 Å². The van der Waals surface area contributed by atoms with Crippen LogP contribution in [0, 0.1) is 5.41 Å². The number of benzene rings is 1. The Bertz CT molecular complexity index is 936. The predicted molar refractivity (Wildman–Crippen MR) is 94.4 cm³/mol. The molecular weight excluding hydrogens is 322 g/mol. The summed E-state index contributed by atoms with van der Waals surface area (Å²) in [7, 11) is -0.118. The first-order valence-corrected chi connectivity index (χ1v) is 9.97. The molecule has 0 aliphatic heterocycles. The van der Waals surface area contributed by atoms with Crippen molar-refractivity contribution < 1.29 is 8.42 Å². The standard InChI is InChI=1S/C18H23N3O2S/c1-17(2)12-9-10-18(17,11-24(22,23)21(3)4)16-15(12)19-13-7-5-6-8-14(13)20-16/h5-8,12H,9-11H2,1-4H3. The van der Waals surface area contributed by atoms with E-state index in [1.165, 1.54) is 4.31 Å². The lowest BCUT2D eigenvalue weighted by atomic mass is 9.70. The minimum absolute atomic E-state index is 0.108. The lowest BCUT2D eigenvalue weighted by molar-refractivity contribution is 0.227. The van der Waals surface area contributed by atoms with Gasteiger partial charge in [-0.25, -0.2) is 22.7 Å². The van der Waals surface area contributed by atoms with Crippen LogP contribution in [0.2, 0.25) is 0 Å². The minimum atomic E-state index is -3.33. The van der Waals surface area contributed by atoms with Crippen LogP contribution >= 0.6 is 0 Å². The number of hydrogen-bond donors (Lipinski definition) is 0. The molecule has 2 atom stereocenters. The summed E-state index contributed by atoms with van der Waals surface area (Å²) in [5.41, 5.74) is 3.06. The number of rotatable bonds is 3. The molecule has 1 aromatic heterocycles. The van der Waals surface area contributed by atoms with E-state index in [0.717, 1.165) is 35.3 Å². The van der Waals surface area contributed by atoms with Gasteiger partial charge in [-0.05, 0) is 30.4 Å². The lowest BCUT2D eigenvalue weighted by Gasteiger charge is -2.38. The van der Waals surface area contributed by atoms with Gasteiger partial charge in [0.05, 0.1) is 28.2 Å². The first-order valence-electron chi connectivity index (χ1n) is 8.36. The predicted octanol–water partition coefficient (Wildman–Crippen LogP) is 2.68. The van der Waals surface area contributed by atoms with Crippen LogP contribution in [-0.2, 0) is 15.4 Å². The molecule has 2 aromatic rings. The smallest absolute Gasteiger partial charge is 0.214 e. The summed E-state index contributed by atoms with van der Waals surface area (Å²) in [6, 6.07) is 7.85. The molecule has 0 spiro atoms. The van der Waals surface area contributed by atoms with Gasteiger partial charge in [-0.15, -0.1) is 0 Å². The van der Waals surface area contributed by atoms with Crippen molar-refractivity contribution in [3.05, 3.63) is 35.7 Å². The molecule has 1 fully saturated rings. The Morgan fingerprint density at radius 1 is 1.17 bits per heavy atom. The molecule has 1 aromatic carbocycles. The van der Waals surface area contributed by atoms with Crippen LogP contribution in [0.3, 0.4) is 0 Å². The SMILES string of the molecule is CN(C)S(=O)(=O)CC12CCC(c3nc4ccccc4nc31)C2(C)C. The van der Waals surface area contributed by atoms with Gasteiger partial charge in [0.25, 0.3) is 0 Å². The van der Waals surface area contributed by atoms with Gasteiger partial charge in [0.2, 0.25) is 10.0 Å². The first kappa shape index (κ1) is 16.0. The highest BCUT2D eigenvalue weighted by Crippen LogP contribution is 2.67. The van der Waals surface area contributed by atoms with Crippen molar-refractivity contribution in [2.24, 2.45) is 5.41 Å². The van der Waals surface area contributed by atoms with Gasteiger partial charge < -0.3 is 0 Å². The van der Waals surface area contributed by atoms with Gasteiger partial charge in [-0.2, -0.15) is 0 Å². The third-order valence-corrected chi connectivity index (χ3v) is 8.30. The summed E-state index contributed by atoms with van der Waals surface area (Å²) in [5.74, 6) is 0.387. The van der Waals surface area contributed by atoms with E-state index >= 15 is 0 Å². The number of sulfonamides is 1. The van der Waals surface area contributed by atoms with E-state index in [9.17, 15) is 8.42 Å². The van der Waals surface area contributed by atoms with Crippen LogP contribution in [0.4, 0.5) is 0 Å². The molecule has 2 aliphatic carbocycles. The Morgan fingerprint density at radius 3 is 2.42 bits per heavy atom. The topological polar surface area (TPSA) is 63.2 Å². The molecule has 24 heavy (non-hydrogen) atoms. The quantitative estimate of drug-likeness (QED) is 0.858. The molecule has 2 unspecified atom stereocenters. The molecule has 0 N–H and O–H groups in total. The Labute approximate surface area is 143 Å². The summed E-state index contributed by atoms with van der Waals surface area (Å²) in [4.78, 5) is 9.79. The van der Waals surface area contributed by atoms with E-state index in [-0.39, 0.29) is 17.1 Å². The average Bonchev–Trinajstić information content (AvgIpc) is 2.85. The Morgan fingerprint density at radius 2 is 1.79 bits per heavy atom. The van der Waals surface area contributed by atoms with Crippen LogP contribution in [0.1, 0.15) is 44.0 Å². The highest BCUT2D eigenvalue weighted by atomic mass is 32.2. The fourth-order valence-corrected chi connectivity index (χ4v) is 6.22. The zero-order valence-corrected chi connectivity index (χ0v) is 15.4. The number of para-hydroxylation sites is 2. The summed E-state index contributed by atoms with van der Waals surface area (Å²) in [5, 5.41) is 0. The molecule has 128 valence electrons. The van der Waals surface area contributed by atoms with Crippen molar-refractivity contribution in [1.82, 2.24) is 14.3 Å². The molecule has 2 aliphatic rings. The Balaban J connectivity index is 1.96. The van der Waals surface area contributed by atoms with Gasteiger partial charge in [0.1, 0.15) is 0 Å². The van der Waals surface area contributed by atoms with E-state index in [1.807, 2.05) is 24.3 Å².